The Kier molecular flexibility index (Phi) is 7.16. The van der Waals surface area contributed by atoms with Gasteiger partial charge < -0.3 is 10.1 Å². The van der Waals surface area contributed by atoms with Crippen molar-refractivity contribution in [2.75, 3.05) is 26.0 Å². The van der Waals surface area contributed by atoms with Crippen LogP contribution < -0.4 is 5.32 Å². The number of benzene rings is 1. The highest BCUT2D eigenvalue weighted by Gasteiger charge is 2.17. The van der Waals surface area contributed by atoms with Crippen molar-refractivity contribution in [3.8, 4) is 17.1 Å². The summed E-state index contributed by atoms with van der Waals surface area (Å²) in [5, 5.41) is 12.3. The van der Waals surface area contributed by atoms with Gasteiger partial charge in [-0.1, -0.05) is 23.9 Å². The van der Waals surface area contributed by atoms with E-state index >= 15 is 0 Å². The molecule has 1 N–H and O–H groups in total. The first-order valence-corrected chi connectivity index (χ1v) is 9.99. The molecule has 146 valence electrons. The van der Waals surface area contributed by atoms with Crippen LogP contribution in [0.2, 0.25) is 0 Å². The van der Waals surface area contributed by atoms with Crippen LogP contribution in [0.15, 0.2) is 53.9 Å². The smallest absolute Gasteiger partial charge is 0.230 e. The maximum Gasteiger partial charge on any atom is 0.230 e. The maximum absolute atomic E-state index is 12.1. The van der Waals surface area contributed by atoms with Gasteiger partial charge in [0.05, 0.1) is 5.75 Å². The van der Waals surface area contributed by atoms with Crippen LogP contribution in [0.5, 0.6) is 0 Å². The van der Waals surface area contributed by atoms with Crippen molar-refractivity contribution >= 4 is 17.7 Å². The van der Waals surface area contributed by atoms with Gasteiger partial charge in [-0.15, -0.1) is 10.2 Å². The molecule has 0 aliphatic carbocycles. The van der Waals surface area contributed by atoms with E-state index in [1.54, 1.807) is 19.5 Å². The first-order chi connectivity index (χ1) is 13.7. The lowest BCUT2D eigenvalue weighted by atomic mass is 10.2. The van der Waals surface area contributed by atoms with Crippen LogP contribution >= 0.6 is 11.8 Å². The van der Waals surface area contributed by atoms with E-state index in [-0.39, 0.29) is 11.7 Å². The van der Waals surface area contributed by atoms with Crippen molar-refractivity contribution in [1.29, 1.82) is 0 Å². The fourth-order valence-electron chi connectivity index (χ4n) is 2.68. The molecule has 3 rings (SSSR count). The lowest BCUT2D eigenvalue weighted by Gasteiger charge is -2.11. The van der Waals surface area contributed by atoms with Crippen LogP contribution in [-0.2, 0) is 9.53 Å². The summed E-state index contributed by atoms with van der Waals surface area (Å²) in [6.07, 6.45) is 4.24. The van der Waals surface area contributed by atoms with Gasteiger partial charge in [0.15, 0.2) is 11.0 Å². The number of carbonyl (C=O) groups is 1. The van der Waals surface area contributed by atoms with Gasteiger partial charge in [-0.3, -0.25) is 14.3 Å². The second-order valence-corrected chi connectivity index (χ2v) is 7.14. The number of methoxy groups -OCH3 is 1. The second kappa shape index (κ2) is 10.0. The number of amides is 1. The number of thioether (sulfide) groups is 1. The largest absolute Gasteiger partial charge is 0.385 e. The molecule has 0 radical (unpaired) electrons. The van der Waals surface area contributed by atoms with E-state index < -0.39 is 0 Å². The van der Waals surface area contributed by atoms with Gasteiger partial charge in [-0.25, -0.2) is 0 Å². The minimum absolute atomic E-state index is 0.0367. The molecule has 1 amide bonds. The first-order valence-electron chi connectivity index (χ1n) is 9.00. The number of nitrogens with one attached hydrogen (secondary N) is 1. The second-order valence-electron chi connectivity index (χ2n) is 6.20. The van der Waals surface area contributed by atoms with Gasteiger partial charge in [-0.05, 0) is 43.2 Å². The minimum atomic E-state index is -0.0367. The SMILES string of the molecule is COCCCNC(=O)CSc1nnc(-c2ccncc2)n1-c1cccc(C)c1. The van der Waals surface area contributed by atoms with Gasteiger partial charge in [0, 0.05) is 43.9 Å². The Morgan fingerprint density at radius 2 is 2.04 bits per heavy atom. The third-order valence-corrected chi connectivity index (χ3v) is 4.94. The third kappa shape index (κ3) is 5.17. The summed E-state index contributed by atoms with van der Waals surface area (Å²) in [5.41, 5.74) is 3.01. The minimum Gasteiger partial charge on any atom is -0.385 e. The molecule has 0 fully saturated rings. The summed E-state index contributed by atoms with van der Waals surface area (Å²) < 4.78 is 6.97. The summed E-state index contributed by atoms with van der Waals surface area (Å²) in [5.74, 6) is 0.953. The number of rotatable bonds is 9. The van der Waals surface area contributed by atoms with Crippen LogP contribution in [0.1, 0.15) is 12.0 Å². The summed E-state index contributed by atoms with van der Waals surface area (Å²) in [6.45, 7) is 3.27. The molecule has 0 aliphatic rings. The molecule has 7 nitrogen and oxygen atoms in total. The molecule has 3 aromatic rings. The Labute approximate surface area is 168 Å². The summed E-state index contributed by atoms with van der Waals surface area (Å²) in [4.78, 5) is 16.2. The quantitative estimate of drug-likeness (QED) is 0.442. The number of ether oxygens (including phenoxy) is 1. The van der Waals surface area contributed by atoms with Crippen molar-refractivity contribution in [1.82, 2.24) is 25.1 Å². The van der Waals surface area contributed by atoms with E-state index in [1.165, 1.54) is 11.8 Å². The van der Waals surface area contributed by atoms with Crippen molar-refractivity contribution in [3.05, 3.63) is 54.4 Å². The Morgan fingerprint density at radius 1 is 1.21 bits per heavy atom. The van der Waals surface area contributed by atoms with Gasteiger partial charge >= 0.3 is 0 Å². The summed E-state index contributed by atoms with van der Waals surface area (Å²) in [7, 11) is 1.65. The summed E-state index contributed by atoms with van der Waals surface area (Å²) >= 11 is 1.37. The van der Waals surface area contributed by atoms with Crippen molar-refractivity contribution in [2.45, 2.75) is 18.5 Å². The fraction of sp³-hybridized carbons (Fsp3) is 0.300. The molecule has 0 atom stereocenters. The van der Waals surface area contributed by atoms with Crippen molar-refractivity contribution in [2.24, 2.45) is 0 Å². The highest BCUT2D eigenvalue weighted by atomic mass is 32.2. The molecule has 0 saturated carbocycles. The molecule has 8 heteroatoms. The molecule has 2 heterocycles. The number of nitrogens with zero attached hydrogens (tertiary/aromatic N) is 4. The van der Waals surface area contributed by atoms with Gasteiger partial charge in [-0.2, -0.15) is 0 Å². The molecule has 0 spiro atoms. The normalized spacial score (nSPS) is 10.8. The predicted molar refractivity (Wildman–Crippen MR) is 110 cm³/mol. The average molecular weight is 398 g/mol. The summed E-state index contributed by atoms with van der Waals surface area (Å²) in [6, 6.07) is 11.9. The van der Waals surface area contributed by atoms with E-state index in [1.807, 2.05) is 41.8 Å². The highest BCUT2D eigenvalue weighted by molar-refractivity contribution is 7.99. The van der Waals surface area contributed by atoms with E-state index in [0.717, 1.165) is 29.1 Å². The number of hydrogen-bond acceptors (Lipinski definition) is 6. The zero-order valence-electron chi connectivity index (χ0n) is 16.0. The topological polar surface area (TPSA) is 81.9 Å². The molecule has 28 heavy (non-hydrogen) atoms. The number of pyridine rings is 1. The average Bonchev–Trinajstić information content (AvgIpc) is 3.14. The molecule has 0 unspecified atom stereocenters. The van der Waals surface area contributed by atoms with E-state index in [9.17, 15) is 4.79 Å². The Balaban J connectivity index is 1.81. The monoisotopic (exact) mass is 397 g/mol. The van der Waals surface area contributed by atoms with Crippen LogP contribution in [-0.4, -0.2) is 51.7 Å². The van der Waals surface area contributed by atoms with Gasteiger partial charge in [0.2, 0.25) is 5.91 Å². The first kappa shape index (κ1) is 20.0. The van der Waals surface area contributed by atoms with Crippen LogP contribution in [0, 0.1) is 6.92 Å². The molecule has 1 aromatic carbocycles. The Morgan fingerprint density at radius 3 is 2.79 bits per heavy atom. The Hall–Kier alpha value is -2.71. The van der Waals surface area contributed by atoms with E-state index in [0.29, 0.717) is 18.3 Å². The van der Waals surface area contributed by atoms with Crippen LogP contribution in [0.4, 0.5) is 0 Å². The highest BCUT2D eigenvalue weighted by Crippen LogP contribution is 2.28. The van der Waals surface area contributed by atoms with Gasteiger partial charge in [0.1, 0.15) is 0 Å². The molecular weight excluding hydrogens is 374 g/mol. The fourth-order valence-corrected chi connectivity index (χ4v) is 3.46. The molecule has 2 aromatic heterocycles. The molecule has 0 saturated heterocycles. The lowest BCUT2D eigenvalue weighted by Crippen LogP contribution is -2.26. The Bertz CT molecular complexity index is 914. The zero-order valence-corrected chi connectivity index (χ0v) is 16.8. The number of aromatic nitrogens is 4. The third-order valence-electron chi connectivity index (χ3n) is 4.01. The predicted octanol–water partition coefficient (Wildman–Crippen LogP) is 2.88. The molecular formula is C20H23N5O2S. The molecule has 0 aliphatic heterocycles. The number of hydrogen-bond donors (Lipinski definition) is 1. The maximum atomic E-state index is 12.1. The standard InChI is InChI=1S/C20H23N5O2S/c1-15-5-3-6-17(13-15)25-19(16-7-10-21-11-8-16)23-24-20(25)28-14-18(26)22-9-4-12-27-2/h3,5-8,10-11,13H,4,9,12,14H2,1-2H3,(H,22,26). The van der Waals surface area contributed by atoms with Crippen LogP contribution in [0.3, 0.4) is 0 Å². The van der Waals surface area contributed by atoms with Gasteiger partial charge in [0.25, 0.3) is 0 Å². The van der Waals surface area contributed by atoms with E-state index in [2.05, 4.69) is 26.6 Å². The lowest BCUT2D eigenvalue weighted by molar-refractivity contribution is -0.118. The van der Waals surface area contributed by atoms with Crippen molar-refractivity contribution < 1.29 is 9.53 Å². The van der Waals surface area contributed by atoms with Crippen LogP contribution in [0.25, 0.3) is 17.1 Å². The molecule has 0 bridgehead atoms. The number of aryl methyl sites for hydroxylation is 1. The zero-order chi connectivity index (χ0) is 19.8. The number of carbonyl (C=O) groups excluding carboxylic acids is 1. The van der Waals surface area contributed by atoms with E-state index in [4.69, 9.17) is 4.74 Å². The van der Waals surface area contributed by atoms with Crippen molar-refractivity contribution in [3.63, 3.8) is 0 Å².